The highest BCUT2D eigenvalue weighted by Crippen LogP contribution is 2.47. The molecule has 374 valence electrons. The summed E-state index contributed by atoms with van der Waals surface area (Å²) in [5, 5.41) is 58.4. The molecule has 32 heteroatoms. The molecule has 0 unspecified atom stereocenters. The van der Waals surface area contributed by atoms with Gasteiger partial charge in [-0.25, -0.2) is 9.78 Å². The zero-order valence-corrected chi connectivity index (χ0v) is 40.4. The van der Waals surface area contributed by atoms with Crippen LogP contribution in [0.25, 0.3) is 28.6 Å². The monoisotopic (exact) mass is 1080 g/mol. The van der Waals surface area contributed by atoms with Crippen molar-refractivity contribution in [1.82, 2.24) is 14.8 Å². The number of carboxylic acid groups (broad SMARTS) is 1. The first-order valence-corrected chi connectivity index (χ1v) is 26.1. The number of allylic oxidation sites excluding steroid dienone is 1. The van der Waals surface area contributed by atoms with Gasteiger partial charge in [0.1, 0.15) is 32.6 Å². The van der Waals surface area contributed by atoms with Crippen molar-refractivity contribution in [3.05, 3.63) is 88.8 Å². The maximum atomic E-state index is 13.0. The summed E-state index contributed by atoms with van der Waals surface area (Å²) in [5.74, 6) is -4.29. The number of hydrogen-bond donors (Lipinski definition) is 7. The van der Waals surface area contributed by atoms with Crippen LogP contribution in [0.15, 0.2) is 112 Å². The van der Waals surface area contributed by atoms with Crippen LogP contribution in [0, 0.1) is 6.92 Å². The molecule has 4 aromatic carbocycles. The molecule has 27 nitrogen and oxygen atoms in total. The number of aromatic nitrogens is 3. The summed E-state index contributed by atoms with van der Waals surface area (Å²) in [6, 6.07) is 8.68. The first-order chi connectivity index (χ1) is 33.1. The average molecular weight is 1080 g/mol. The molecule has 0 fully saturated rings. The van der Waals surface area contributed by atoms with Crippen molar-refractivity contribution in [3.8, 4) is 23.1 Å². The number of ether oxygens (including phenoxy) is 2. The number of carboxylic acids is 1. The van der Waals surface area contributed by atoms with Crippen LogP contribution in [0.5, 0.6) is 17.4 Å². The lowest BCUT2D eigenvalue weighted by molar-refractivity contribution is 0.0690. The van der Waals surface area contributed by atoms with Gasteiger partial charge in [-0.3, -0.25) is 18.2 Å². The van der Waals surface area contributed by atoms with Crippen LogP contribution in [-0.4, -0.2) is 107 Å². The van der Waals surface area contributed by atoms with Crippen LogP contribution in [-0.2, 0) is 45.2 Å². The number of benzene rings is 4. The molecule has 0 spiro atoms. The summed E-state index contributed by atoms with van der Waals surface area (Å²) in [5.41, 5.74) is -3.12. The van der Waals surface area contributed by atoms with Crippen molar-refractivity contribution >= 4 is 114 Å². The summed E-state index contributed by atoms with van der Waals surface area (Å²) >= 11 is 1.15. The van der Waals surface area contributed by atoms with Gasteiger partial charge in [-0.15, -0.1) is 30.7 Å². The van der Waals surface area contributed by atoms with Crippen LogP contribution in [0.1, 0.15) is 40.0 Å². The molecule has 6 aromatic rings. The maximum Gasteiger partial charge on any atom is 0.358 e. The lowest BCUT2D eigenvalue weighted by Crippen LogP contribution is -2.08. The molecule has 6 rings (SSSR count). The maximum absolute atomic E-state index is 13.0. The molecular weight excluding hydrogens is 1040 g/mol. The number of aryl methyl sites for hydroxylation is 1. The van der Waals surface area contributed by atoms with Crippen molar-refractivity contribution in [3.63, 3.8) is 0 Å². The number of nitrogens with zero attached hydrogens (tertiary/aromatic N) is 9. The Morgan fingerprint density at radius 3 is 2.04 bits per heavy atom. The number of phenols is 1. The molecule has 2 heterocycles. The fourth-order valence-electron chi connectivity index (χ4n) is 6.16. The van der Waals surface area contributed by atoms with Crippen LogP contribution >= 0.6 is 11.3 Å². The standard InChI is InChI=1S/C39H35N9O18S5/c1-5-25-30(16-20(3)65-4)67-39(40-25)46-42-27-18-29(66-13-6-14-68(53,54)55)28(15-19(27)2)43-44-32-31(70(59,60)61)17-24-23(35(32)49)11-12-26(36(24)71(62,63)64)41-45-33-34(38(51)52)47-48(37(33)50)21-7-9-22(10-8-21)69(56,57)58/h5,7-12,15-18,49-50H,1,6,13-14H2,2-4H3,(H,51,52)(H,53,54,55)(H,56,57,58)(H,59,60,61)(H,62,63,64)/b20-16+,44-43?,45-41?,46-42?. The van der Waals surface area contributed by atoms with E-state index >= 15 is 0 Å². The number of azo groups is 3. The number of hydrogen-bond acceptors (Lipinski definition) is 22. The van der Waals surface area contributed by atoms with Gasteiger partial charge in [0.25, 0.3) is 40.5 Å². The number of aromatic carboxylic acids is 1. The highest BCUT2D eigenvalue weighted by atomic mass is 32.2. The minimum Gasteiger partial charge on any atom is -0.505 e. The van der Waals surface area contributed by atoms with Gasteiger partial charge in [-0.1, -0.05) is 17.9 Å². The third-order valence-electron chi connectivity index (χ3n) is 9.48. The van der Waals surface area contributed by atoms with Crippen molar-refractivity contribution < 1.29 is 81.5 Å². The van der Waals surface area contributed by atoms with E-state index in [4.69, 9.17) is 9.47 Å². The molecule has 0 aliphatic heterocycles. The average Bonchev–Trinajstić information content (AvgIpc) is 3.83. The Labute approximate surface area is 405 Å². The van der Waals surface area contributed by atoms with Crippen LogP contribution in [0.2, 0.25) is 0 Å². The van der Waals surface area contributed by atoms with Crippen molar-refractivity contribution in [1.29, 1.82) is 0 Å². The third-order valence-corrected chi connectivity index (χ3v) is 13.9. The molecule has 0 saturated carbocycles. The second-order valence-corrected chi connectivity index (χ2v) is 21.1. The fraction of sp³-hybridized carbons (Fsp3) is 0.154. The third kappa shape index (κ3) is 12.3. The summed E-state index contributed by atoms with van der Waals surface area (Å²) in [6.07, 6.45) is 2.98. The first kappa shape index (κ1) is 52.9. The second-order valence-electron chi connectivity index (χ2n) is 14.3. The molecular formula is C39H35N9O18S5. The van der Waals surface area contributed by atoms with Crippen LogP contribution in [0.4, 0.5) is 33.6 Å². The van der Waals surface area contributed by atoms with Gasteiger partial charge in [0.2, 0.25) is 16.7 Å². The van der Waals surface area contributed by atoms with E-state index in [1.807, 2.05) is 0 Å². The highest BCUT2D eigenvalue weighted by Gasteiger charge is 2.29. The molecule has 0 aliphatic carbocycles. The molecule has 0 atom stereocenters. The minimum absolute atomic E-state index is 0.156. The van der Waals surface area contributed by atoms with E-state index in [9.17, 15) is 72.0 Å². The number of aromatic hydroxyl groups is 2. The number of rotatable bonds is 19. The van der Waals surface area contributed by atoms with Crippen LogP contribution < -0.4 is 4.74 Å². The van der Waals surface area contributed by atoms with Crippen LogP contribution in [0.3, 0.4) is 0 Å². The molecule has 2 aromatic heterocycles. The summed E-state index contributed by atoms with van der Waals surface area (Å²) in [7, 11) is -18.6. The molecule has 7 N–H and O–H groups in total. The van der Waals surface area contributed by atoms with E-state index in [1.165, 1.54) is 25.3 Å². The summed E-state index contributed by atoms with van der Waals surface area (Å²) in [4.78, 5) is 14.0. The molecule has 0 saturated heterocycles. The van der Waals surface area contributed by atoms with E-state index in [2.05, 4.69) is 47.3 Å². The predicted octanol–water partition coefficient (Wildman–Crippen LogP) is 8.19. The predicted molar refractivity (Wildman–Crippen MR) is 250 cm³/mol. The van der Waals surface area contributed by atoms with Crippen molar-refractivity contribution in [2.75, 3.05) is 19.5 Å². The largest absolute Gasteiger partial charge is 0.505 e. The number of fused-ring (bicyclic) bond motifs is 1. The number of thiazole rings is 1. The van der Waals surface area contributed by atoms with E-state index in [1.54, 1.807) is 19.9 Å². The number of phenolic OH excluding ortho intramolecular Hbond substituents is 1. The lowest BCUT2D eigenvalue weighted by atomic mass is 10.1. The lowest BCUT2D eigenvalue weighted by Gasteiger charge is -2.13. The SMILES string of the molecule is C=Cc1nc(N=Nc2cc(OCCCS(=O)(=O)O)c(N=Nc3c(S(=O)(=O)O)cc4c(S(=O)(=O)O)c(N=Nc5c(C(=O)O)nn(-c6ccc(S(=O)(=O)O)cc6)c5O)ccc4c3O)cc2C)sc1/C=C(\C)OC. The Morgan fingerprint density at radius 1 is 0.803 bits per heavy atom. The molecule has 0 radical (unpaired) electrons. The zero-order valence-electron chi connectivity index (χ0n) is 36.4. The zero-order chi connectivity index (χ0) is 52.4. The van der Waals surface area contributed by atoms with Gasteiger partial charge in [-0.2, -0.15) is 43.5 Å². The van der Waals surface area contributed by atoms with Gasteiger partial charge in [0.15, 0.2) is 11.4 Å². The minimum atomic E-state index is -5.53. The van der Waals surface area contributed by atoms with Gasteiger partial charge < -0.3 is 24.8 Å². The van der Waals surface area contributed by atoms with Gasteiger partial charge in [0.05, 0.1) is 52.1 Å². The van der Waals surface area contributed by atoms with E-state index in [0.717, 1.165) is 47.7 Å². The van der Waals surface area contributed by atoms with E-state index in [-0.39, 0.29) is 41.0 Å². The molecule has 0 amide bonds. The Morgan fingerprint density at radius 2 is 1.45 bits per heavy atom. The van der Waals surface area contributed by atoms with Gasteiger partial charge >= 0.3 is 5.97 Å². The Kier molecular flexibility index (Phi) is 15.3. The smallest absolute Gasteiger partial charge is 0.358 e. The number of carbonyl (C=O) groups is 1. The Bertz CT molecular complexity index is 3740. The van der Waals surface area contributed by atoms with Gasteiger partial charge in [0, 0.05) is 16.8 Å². The van der Waals surface area contributed by atoms with E-state index in [0.29, 0.717) is 32.6 Å². The van der Waals surface area contributed by atoms with Gasteiger partial charge in [-0.05, 0) is 86.5 Å². The van der Waals surface area contributed by atoms with Crippen molar-refractivity contribution in [2.24, 2.45) is 30.7 Å². The van der Waals surface area contributed by atoms with Crippen molar-refractivity contribution in [2.45, 2.75) is 35.0 Å². The Balaban J connectivity index is 1.45. The molecule has 0 aliphatic rings. The topological polar surface area (TPSA) is 419 Å². The summed E-state index contributed by atoms with van der Waals surface area (Å²) < 4.78 is 148. The quantitative estimate of drug-likeness (QED) is 0.0174. The normalized spacial score (nSPS) is 13.0. The fourth-order valence-corrected chi connectivity index (χ4v) is 9.47. The van der Waals surface area contributed by atoms with E-state index < -0.39 is 112 Å². The Hall–Kier alpha value is -7.43. The summed E-state index contributed by atoms with van der Waals surface area (Å²) in [6.45, 7) is 6.67. The molecule has 0 bridgehead atoms. The first-order valence-electron chi connectivity index (χ1n) is 19.4. The second kappa shape index (κ2) is 20.5. The molecule has 71 heavy (non-hydrogen) atoms. The number of methoxy groups -OCH3 is 1. The highest BCUT2D eigenvalue weighted by molar-refractivity contribution is 7.86.